The molecule has 5 nitrogen and oxygen atoms in total. The first-order valence-electron chi connectivity index (χ1n) is 8.52. The Bertz CT molecular complexity index is 661. The summed E-state index contributed by atoms with van der Waals surface area (Å²) < 4.78 is 44.4. The van der Waals surface area contributed by atoms with E-state index in [1.807, 2.05) is 0 Å². The summed E-state index contributed by atoms with van der Waals surface area (Å²) in [5.41, 5.74) is -2.30. The number of aromatic nitrogens is 1. The van der Waals surface area contributed by atoms with Crippen LogP contribution in [0.15, 0.2) is 12.3 Å². The molecule has 1 saturated heterocycles. The monoisotopic (exact) mass is 374 g/mol. The number of carbonyl (C=O) groups excluding carboxylic acids is 1. The Morgan fingerprint density at radius 1 is 1.31 bits per heavy atom. The fourth-order valence-electron chi connectivity index (χ4n) is 2.91. The fraction of sp³-hybridized carbons (Fsp3) is 0.667. The minimum atomic E-state index is -4.45. The second kappa shape index (κ2) is 7.06. The van der Waals surface area contributed by atoms with E-state index in [4.69, 9.17) is 4.74 Å². The molecule has 1 aromatic heterocycles. The van der Waals surface area contributed by atoms with E-state index in [-0.39, 0.29) is 43.6 Å². The highest BCUT2D eigenvalue weighted by Gasteiger charge is 2.37. The Balaban J connectivity index is 2.03. The first-order valence-corrected chi connectivity index (χ1v) is 8.52. The molecule has 0 bridgehead atoms. The van der Waals surface area contributed by atoms with Crippen molar-refractivity contribution in [1.82, 2.24) is 9.88 Å². The van der Waals surface area contributed by atoms with Crippen LogP contribution in [-0.2, 0) is 17.3 Å². The summed E-state index contributed by atoms with van der Waals surface area (Å²) in [7, 11) is 0. The highest BCUT2D eigenvalue weighted by molar-refractivity contribution is 5.68. The third kappa shape index (κ3) is 5.33. The number of alkyl halides is 3. The predicted molar refractivity (Wildman–Crippen MR) is 89.7 cm³/mol. The Morgan fingerprint density at radius 2 is 1.88 bits per heavy atom. The summed E-state index contributed by atoms with van der Waals surface area (Å²) in [6, 6.07) is 0.994. The molecule has 0 atom stereocenters. The summed E-state index contributed by atoms with van der Waals surface area (Å²) >= 11 is 0. The number of likely N-dealkylation sites (tertiary alicyclic amines) is 1. The number of piperidine rings is 1. The van der Waals surface area contributed by atoms with Crippen molar-refractivity contribution in [3.05, 3.63) is 29.1 Å². The van der Waals surface area contributed by atoms with Crippen LogP contribution in [0.5, 0.6) is 0 Å². The van der Waals surface area contributed by atoms with Crippen molar-refractivity contribution in [3.63, 3.8) is 0 Å². The quantitative estimate of drug-likeness (QED) is 0.857. The molecule has 1 aliphatic rings. The lowest BCUT2D eigenvalue weighted by Gasteiger charge is -2.38. The Kier molecular flexibility index (Phi) is 5.56. The number of rotatable bonds is 2. The van der Waals surface area contributed by atoms with Crippen molar-refractivity contribution < 1.29 is 27.8 Å². The molecule has 1 fully saturated rings. The van der Waals surface area contributed by atoms with E-state index in [1.54, 1.807) is 20.8 Å². The van der Waals surface area contributed by atoms with Gasteiger partial charge in [0.2, 0.25) is 0 Å². The summed E-state index contributed by atoms with van der Waals surface area (Å²) in [6.45, 7) is 7.23. The number of nitrogens with zero attached hydrogens (tertiary/aromatic N) is 2. The summed E-state index contributed by atoms with van der Waals surface area (Å²) in [5, 5.41) is 10.7. The van der Waals surface area contributed by atoms with Gasteiger partial charge in [-0.15, -0.1) is 0 Å². The minimum absolute atomic E-state index is 0.0124. The number of aryl methyl sites for hydroxylation is 1. The van der Waals surface area contributed by atoms with Crippen LogP contribution in [0.2, 0.25) is 0 Å². The molecule has 0 aromatic carbocycles. The molecular weight excluding hydrogens is 349 g/mol. The third-order valence-corrected chi connectivity index (χ3v) is 4.32. The smallest absolute Gasteiger partial charge is 0.416 e. The molecule has 0 radical (unpaired) electrons. The first kappa shape index (κ1) is 20.5. The van der Waals surface area contributed by atoms with E-state index >= 15 is 0 Å². The largest absolute Gasteiger partial charge is 0.444 e. The van der Waals surface area contributed by atoms with Crippen molar-refractivity contribution in [2.24, 2.45) is 0 Å². The number of halogens is 3. The predicted octanol–water partition coefficient (Wildman–Crippen LogP) is 3.71. The highest BCUT2D eigenvalue weighted by Crippen LogP contribution is 2.33. The van der Waals surface area contributed by atoms with Crippen LogP contribution < -0.4 is 0 Å². The molecule has 0 spiro atoms. The van der Waals surface area contributed by atoms with Crippen molar-refractivity contribution in [2.75, 3.05) is 13.1 Å². The highest BCUT2D eigenvalue weighted by atomic mass is 19.4. The number of ether oxygens (including phenoxy) is 1. The zero-order chi connectivity index (χ0) is 19.8. The Hall–Kier alpha value is -1.83. The summed E-state index contributed by atoms with van der Waals surface area (Å²) in [5.74, 6) is 0. The average molecular weight is 374 g/mol. The zero-order valence-corrected chi connectivity index (χ0v) is 15.5. The van der Waals surface area contributed by atoms with Gasteiger partial charge in [0.25, 0.3) is 0 Å². The summed E-state index contributed by atoms with van der Waals surface area (Å²) in [6.07, 6.45) is -3.21. The molecule has 8 heteroatoms. The number of aliphatic hydroxyl groups is 1. The van der Waals surface area contributed by atoms with Gasteiger partial charge in [0, 0.05) is 31.4 Å². The van der Waals surface area contributed by atoms with E-state index in [1.165, 1.54) is 18.0 Å². The molecule has 0 saturated carbocycles. The van der Waals surface area contributed by atoms with Gasteiger partial charge in [0.05, 0.1) is 11.2 Å². The van der Waals surface area contributed by atoms with E-state index in [0.717, 1.165) is 6.07 Å². The zero-order valence-electron chi connectivity index (χ0n) is 15.5. The van der Waals surface area contributed by atoms with Crippen LogP contribution in [0.4, 0.5) is 18.0 Å². The number of carbonyl (C=O) groups is 1. The van der Waals surface area contributed by atoms with E-state index in [0.29, 0.717) is 0 Å². The maximum absolute atomic E-state index is 13.0. The van der Waals surface area contributed by atoms with Crippen LogP contribution in [0.25, 0.3) is 0 Å². The topological polar surface area (TPSA) is 62.7 Å². The lowest BCUT2D eigenvalue weighted by atomic mass is 9.86. The average Bonchev–Trinajstić information content (AvgIpc) is 2.47. The number of hydrogen-bond acceptors (Lipinski definition) is 4. The lowest BCUT2D eigenvalue weighted by Crippen LogP contribution is -2.49. The van der Waals surface area contributed by atoms with Crippen molar-refractivity contribution in [1.29, 1.82) is 0 Å². The second-order valence-electron chi connectivity index (χ2n) is 7.86. The molecule has 0 unspecified atom stereocenters. The molecule has 26 heavy (non-hydrogen) atoms. The molecule has 1 N–H and O–H groups in total. The van der Waals surface area contributed by atoms with Gasteiger partial charge in [-0.25, -0.2) is 4.79 Å². The van der Waals surface area contributed by atoms with Gasteiger partial charge >= 0.3 is 12.3 Å². The maximum atomic E-state index is 13.0. The second-order valence-corrected chi connectivity index (χ2v) is 7.86. The van der Waals surface area contributed by atoms with Crippen LogP contribution in [-0.4, -0.2) is 45.4 Å². The van der Waals surface area contributed by atoms with E-state index < -0.39 is 29.0 Å². The van der Waals surface area contributed by atoms with Crippen LogP contribution in [0, 0.1) is 6.92 Å². The first-order chi connectivity index (χ1) is 11.8. The molecule has 1 aromatic rings. The van der Waals surface area contributed by atoms with Crippen LogP contribution >= 0.6 is 0 Å². The molecule has 2 rings (SSSR count). The molecule has 1 amide bonds. The summed E-state index contributed by atoms with van der Waals surface area (Å²) in [4.78, 5) is 17.6. The van der Waals surface area contributed by atoms with Gasteiger partial charge in [-0.05, 0) is 52.2 Å². The number of pyridine rings is 1. The molecule has 2 heterocycles. The molecule has 0 aliphatic carbocycles. The minimum Gasteiger partial charge on any atom is -0.444 e. The van der Waals surface area contributed by atoms with Crippen LogP contribution in [0.1, 0.15) is 50.4 Å². The van der Waals surface area contributed by atoms with Gasteiger partial charge in [-0.1, -0.05) is 0 Å². The molecular formula is C18H25F3N2O3. The van der Waals surface area contributed by atoms with Gasteiger partial charge in [-0.3, -0.25) is 4.98 Å². The van der Waals surface area contributed by atoms with Gasteiger partial charge in [0.1, 0.15) is 5.60 Å². The van der Waals surface area contributed by atoms with Crippen LogP contribution in [0.3, 0.4) is 0 Å². The van der Waals surface area contributed by atoms with Gasteiger partial charge < -0.3 is 14.7 Å². The standard InChI is InChI=1S/C18H25F3N2O3/c1-12-11-22-13(9-14(12)18(19,20)21)10-17(25)5-7-23(8-6-17)15(24)26-16(2,3)4/h9,11,25H,5-8,10H2,1-4H3. The van der Waals surface area contributed by atoms with Crippen molar-refractivity contribution in [3.8, 4) is 0 Å². The van der Waals surface area contributed by atoms with Crippen molar-refractivity contribution >= 4 is 6.09 Å². The third-order valence-electron chi connectivity index (χ3n) is 4.32. The number of hydrogen-bond donors (Lipinski definition) is 1. The Morgan fingerprint density at radius 3 is 2.38 bits per heavy atom. The normalized spacial score (nSPS) is 17.9. The van der Waals surface area contributed by atoms with Gasteiger partial charge in [0.15, 0.2) is 0 Å². The van der Waals surface area contributed by atoms with E-state index in [9.17, 15) is 23.1 Å². The van der Waals surface area contributed by atoms with Gasteiger partial charge in [-0.2, -0.15) is 13.2 Å². The fourth-order valence-corrected chi connectivity index (χ4v) is 2.91. The van der Waals surface area contributed by atoms with E-state index in [2.05, 4.69) is 4.98 Å². The maximum Gasteiger partial charge on any atom is 0.416 e. The Labute approximate surface area is 151 Å². The SMILES string of the molecule is Cc1cnc(CC2(O)CCN(C(=O)OC(C)(C)C)CC2)cc1C(F)(F)F. The molecule has 146 valence electrons. The lowest BCUT2D eigenvalue weighted by molar-refractivity contribution is -0.138. The number of amides is 1. The van der Waals surface area contributed by atoms with Crippen molar-refractivity contribution in [2.45, 2.75) is 64.3 Å². The molecule has 1 aliphatic heterocycles.